The molecular weight excluding hydrogens is 371 g/mol. The number of rotatable bonds is 5. The Balaban J connectivity index is 1.73. The third-order valence-corrected chi connectivity index (χ3v) is 4.32. The minimum atomic E-state index is -4.51. The van der Waals surface area contributed by atoms with Crippen LogP contribution >= 0.6 is 0 Å². The summed E-state index contributed by atoms with van der Waals surface area (Å²) in [5.74, 6) is 0.344. The summed E-state index contributed by atoms with van der Waals surface area (Å²) in [7, 11) is 0. The van der Waals surface area contributed by atoms with Crippen molar-refractivity contribution in [3.63, 3.8) is 0 Å². The summed E-state index contributed by atoms with van der Waals surface area (Å²) in [4.78, 5) is 16.7. The smallest absolute Gasteiger partial charge is 0.324 e. The fourth-order valence-corrected chi connectivity index (χ4v) is 3.07. The Labute approximate surface area is 157 Å². The van der Waals surface area contributed by atoms with Crippen LogP contribution in [0.3, 0.4) is 0 Å². The third-order valence-electron chi connectivity index (χ3n) is 4.32. The minimum absolute atomic E-state index is 0.153. The first-order valence-electron chi connectivity index (χ1n) is 8.69. The van der Waals surface area contributed by atoms with Crippen molar-refractivity contribution in [2.24, 2.45) is 0 Å². The summed E-state index contributed by atoms with van der Waals surface area (Å²) in [6.45, 7) is 2.39. The van der Waals surface area contributed by atoms with Gasteiger partial charge >= 0.3 is 6.18 Å². The van der Waals surface area contributed by atoms with Crippen molar-refractivity contribution in [2.75, 3.05) is 0 Å². The fraction of sp³-hybridized carbons (Fsp3) is 0.278. The summed E-state index contributed by atoms with van der Waals surface area (Å²) in [5.41, 5.74) is 1.66. The number of nitrogens with zero attached hydrogens (tertiary/aromatic N) is 7. The molecule has 28 heavy (non-hydrogen) atoms. The molecule has 0 saturated carbocycles. The molecule has 144 valence electrons. The van der Waals surface area contributed by atoms with E-state index in [1.54, 1.807) is 21.6 Å². The number of hydrogen-bond acceptors (Lipinski definition) is 5. The quantitative estimate of drug-likeness (QED) is 0.525. The lowest BCUT2D eigenvalue weighted by atomic mass is 10.1. The number of halogens is 3. The molecule has 10 heteroatoms. The number of fused-ring (bicyclic) bond motifs is 1. The number of aromatic nitrogens is 7. The molecule has 0 aliphatic rings. The molecule has 0 fully saturated rings. The molecule has 7 nitrogen and oxygen atoms in total. The zero-order chi connectivity index (χ0) is 19.7. The Hall–Kier alpha value is -3.30. The van der Waals surface area contributed by atoms with Gasteiger partial charge in [-0.2, -0.15) is 18.3 Å². The van der Waals surface area contributed by atoms with Crippen molar-refractivity contribution >= 4 is 5.65 Å². The van der Waals surface area contributed by atoms with Crippen LogP contribution in [0.2, 0.25) is 0 Å². The van der Waals surface area contributed by atoms with E-state index >= 15 is 0 Å². The SMILES string of the molecule is CCCc1c(Cn2ccnc2-c2cccc(C(F)(F)F)n2)ncn2ncnc12. The summed E-state index contributed by atoms with van der Waals surface area (Å²) >= 11 is 0. The van der Waals surface area contributed by atoms with Crippen LogP contribution in [0.4, 0.5) is 13.2 Å². The number of imidazole rings is 1. The van der Waals surface area contributed by atoms with E-state index in [-0.39, 0.29) is 5.69 Å². The number of aryl methyl sites for hydroxylation is 1. The van der Waals surface area contributed by atoms with Gasteiger partial charge in [0.2, 0.25) is 0 Å². The predicted octanol–water partition coefficient (Wildman–Crippen LogP) is 3.40. The highest BCUT2D eigenvalue weighted by molar-refractivity contribution is 5.52. The van der Waals surface area contributed by atoms with Crippen molar-refractivity contribution in [1.29, 1.82) is 0 Å². The molecule has 0 amide bonds. The number of hydrogen-bond donors (Lipinski definition) is 0. The Morgan fingerprint density at radius 1 is 1.11 bits per heavy atom. The Morgan fingerprint density at radius 3 is 2.75 bits per heavy atom. The van der Waals surface area contributed by atoms with Crippen molar-refractivity contribution in [2.45, 2.75) is 32.5 Å². The van der Waals surface area contributed by atoms with Gasteiger partial charge in [0.25, 0.3) is 0 Å². The fourth-order valence-electron chi connectivity index (χ4n) is 3.07. The maximum atomic E-state index is 13.0. The molecule has 0 spiro atoms. The van der Waals surface area contributed by atoms with Gasteiger partial charge in [0, 0.05) is 18.0 Å². The average molecular weight is 387 g/mol. The zero-order valence-electron chi connectivity index (χ0n) is 14.9. The highest BCUT2D eigenvalue weighted by atomic mass is 19.4. The van der Waals surface area contributed by atoms with Gasteiger partial charge in [-0.15, -0.1) is 0 Å². The molecule has 4 rings (SSSR count). The lowest BCUT2D eigenvalue weighted by molar-refractivity contribution is -0.141. The Bertz CT molecular complexity index is 1110. The van der Waals surface area contributed by atoms with Gasteiger partial charge in [0.15, 0.2) is 11.5 Å². The summed E-state index contributed by atoms with van der Waals surface area (Å²) in [5, 5.41) is 4.10. The Morgan fingerprint density at radius 2 is 1.96 bits per heavy atom. The van der Waals surface area contributed by atoms with Gasteiger partial charge in [-0.25, -0.2) is 24.5 Å². The van der Waals surface area contributed by atoms with E-state index < -0.39 is 11.9 Å². The van der Waals surface area contributed by atoms with E-state index in [2.05, 4.69) is 32.0 Å². The first-order valence-corrected chi connectivity index (χ1v) is 8.69. The summed E-state index contributed by atoms with van der Waals surface area (Å²) in [6.07, 6.45) is 3.42. The van der Waals surface area contributed by atoms with Crippen molar-refractivity contribution in [1.82, 2.24) is 34.1 Å². The highest BCUT2D eigenvalue weighted by Gasteiger charge is 2.32. The summed E-state index contributed by atoms with van der Waals surface area (Å²) in [6, 6.07) is 3.78. The molecular formula is C18H16F3N7. The standard InChI is InChI=1S/C18H16F3N7/c1-2-4-12-14(24-11-28-16(12)23-10-25-28)9-27-8-7-22-17(27)13-5-3-6-15(26-13)18(19,20)21/h3,5-8,10-11H,2,4,9H2,1H3. The molecule has 0 aromatic carbocycles. The van der Waals surface area contributed by atoms with Gasteiger partial charge in [-0.1, -0.05) is 19.4 Å². The maximum Gasteiger partial charge on any atom is 0.433 e. The van der Waals surface area contributed by atoms with Crippen LogP contribution in [0.1, 0.15) is 30.3 Å². The first-order chi connectivity index (χ1) is 13.5. The van der Waals surface area contributed by atoms with Crippen molar-refractivity contribution in [3.8, 4) is 11.5 Å². The highest BCUT2D eigenvalue weighted by Crippen LogP contribution is 2.29. The van der Waals surface area contributed by atoms with E-state index in [0.29, 0.717) is 12.4 Å². The van der Waals surface area contributed by atoms with Crippen LogP contribution in [0.5, 0.6) is 0 Å². The number of pyridine rings is 1. The number of alkyl halides is 3. The maximum absolute atomic E-state index is 13.0. The molecule has 0 radical (unpaired) electrons. The van der Waals surface area contributed by atoms with Gasteiger partial charge < -0.3 is 4.57 Å². The second kappa shape index (κ2) is 7.02. The van der Waals surface area contributed by atoms with E-state index in [4.69, 9.17) is 0 Å². The minimum Gasteiger partial charge on any atom is -0.324 e. The van der Waals surface area contributed by atoms with E-state index in [0.717, 1.165) is 35.8 Å². The molecule has 0 aliphatic heterocycles. The van der Waals surface area contributed by atoms with Crippen LogP contribution in [0.15, 0.2) is 43.2 Å². The average Bonchev–Trinajstić information content (AvgIpc) is 3.32. The molecule has 0 atom stereocenters. The molecule has 4 heterocycles. The predicted molar refractivity (Wildman–Crippen MR) is 94.3 cm³/mol. The van der Waals surface area contributed by atoms with Crippen LogP contribution in [0, 0.1) is 0 Å². The van der Waals surface area contributed by atoms with Gasteiger partial charge in [0.1, 0.15) is 24.0 Å². The van der Waals surface area contributed by atoms with Crippen molar-refractivity contribution in [3.05, 3.63) is 60.2 Å². The van der Waals surface area contributed by atoms with Crippen LogP contribution in [-0.2, 0) is 19.1 Å². The topological polar surface area (TPSA) is 73.8 Å². The molecule has 4 aromatic rings. The second-order valence-electron chi connectivity index (χ2n) is 6.23. The molecule has 0 N–H and O–H groups in total. The summed E-state index contributed by atoms with van der Waals surface area (Å²) < 4.78 is 42.3. The van der Waals surface area contributed by atoms with Crippen LogP contribution in [-0.4, -0.2) is 34.1 Å². The van der Waals surface area contributed by atoms with Crippen LogP contribution < -0.4 is 0 Å². The van der Waals surface area contributed by atoms with E-state index in [1.165, 1.54) is 24.7 Å². The monoisotopic (exact) mass is 387 g/mol. The molecule has 0 bridgehead atoms. The molecule has 0 saturated heterocycles. The zero-order valence-corrected chi connectivity index (χ0v) is 14.9. The lowest BCUT2D eigenvalue weighted by Crippen LogP contribution is -2.11. The van der Waals surface area contributed by atoms with Gasteiger partial charge in [-0.3, -0.25) is 0 Å². The van der Waals surface area contributed by atoms with E-state index in [9.17, 15) is 13.2 Å². The van der Waals surface area contributed by atoms with Crippen molar-refractivity contribution < 1.29 is 13.2 Å². The molecule has 4 aromatic heterocycles. The van der Waals surface area contributed by atoms with Gasteiger partial charge in [-0.05, 0) is 18.6 Å². The van der Waals surface area contributed by atoms with Crippen LogP contribution in [0.25, 0.3) is 17.2 Å². The first kappa shape index (κ1) is 18.1. The lowest BCUT2D eigenvalue weighted by Gasteiger charge is -2.12. The second-order valence-corrected chi connectivity index (χ2v) is 6.23. The largest absolute Gasteiger partial charge is 0.433 e. The molecule has 0 aliphatic carbocycles. The van der Waals surface area contributed by atoms with Gasteiger partial charge in [0.05, 0.1) is 12.2 Å². The Kier molecular flexibility index (Phi) is 4.54. The third kappa shape index (κ3) is 3.32. The molecule has 0 unspecified atom stereocenters. The van der Waals surface area contributed by atoms with E-state index in [1.807, 2.05) is 0 Å². The normalized spacial score (nSPS) is 12.0.